The second kappa shape index (κ2) is 9.18. The van der Waals surface area contributed by atoms with Crippen LogP contribution in [0.4, 0.5) is 5.69 Å². The minimum Gasteiger partial charge on any atom is -0.463 e. The molecule has 0 aliphatic carbocycles. The minimum atomic E-state index is -0.264. The largest absolute Gasteiger partial charge is 0.463 e. The van der Waals surface area contributed by atoms with E-state index in [9.17, 15) is 9.59 Å². The summed E-state index contributed by atoms with van der Waals surface area (Å²) in [4.78, 5) is 29.2. The van der Waals surface area contributed by atoms with E-state index >= 15 is 0 Å². The van der Waals surface area contributed by atoms with Gasteiger partial charge in [0.15, 0.2) is 5.76 Å². The Morgan fingerprint density at radius 1 is 0.875 bits per heavy atom. The SMILES string of the molecule is CNC(=O)c1ccccc1Oc1ccc(NC(=O)c2ccc(-c3ccco3)nc2C)cc1. The van der Waals surface area contributed by atoms with E-state index < -0.39 is 0 Å². The molecule has 7 nitrogen and oxygen atoms in total. The summed E-state index contributed by atoms with van der Waals surface area (Å²) in [7, 11) is 1.57. The number of hydrogen-bond acceptors (Lipinski definition) is 5. The molecule has 0 fully saturated rings. The monoisotopic (exact) mass is 427 g/mol. The van der Waals surface area contributed by atoms with Gasteiger partial charge < -0.3 is 19.8 Å². The van der Waals surface area contributed by atoms with Crippen molar-refractivity contribution in [2.75, 3.05) is 12.4 Å². The van der Waals surface area contributed by atoms with E-state index in [1.54, 1.807) is 87.0 Å². The summed E-state index contributed by atoms with van der Waals surface area (Å²) < 4.78 is 11.2. The Kier molecular flexibility index (Phi) is 5.98. The Bertz CT molecular complexity index is 1250. The van der Waals surface area contributed by atoms with Crippen molar-refractivity contribution in [3.05, 3.63) is 95.9 Å². The number of amides is 2. The van der Waals surface area contributed by atoms with Crippen LogP contribution >= 0.6 is 0 Å². The molecule has 32 heavy (non-hydrogen) atoms. The fourth-order valence-electron chi connectivity index (χ4n) is 3.17. The van der Waals surface area contributed by atoms with Crippen LogP contribution in [0.1, 0.15) is 26.4 Å². The third kappa shape index (κ3) is 4.52. The number of nitrogens with zero attached hydrogens (tertiary/aromatic N) is 1. The molecule has 0 aliphatic heterocycles. The van der Waals surface area contributed by atoms with Gasteiger partial charge >= 0.3 is 0 Å². The van der Waals surface area contributed by atoms with Crippen LogP contribution in [0.2, 0.25) is 0 Å². The molecule has 2 amide bonds. The Balaban J connectivity index is 1.45. The van der Waals surface area contributed by atoms with E-state index in [1.165, 1.54) is 0 Å². The van der Waals surface area contributed by atoms with Gasteiger partial charge in [0.1, 0.15) is 17.2 Å². The van der Waals surface area contributed by atoms with Gasteiger partial charge in [-0.25, -0.2) is 4.98 Å². The molecule has 0 saturated carbocycles. The van der Waals surface area contributed by atoms with Crippen LogP contribution < -0.4 is 15.4 Å². The molecule has 160 valence electrons. The summed E-state index contributed by atoms with van der Waals surface area (Å²) in [6.07, 6.45) is 1.58. The second-order valence-corrected chi connectivity index (χ2v) is 6.96. The number of ether oxygens (including phenoxy) is 1. The normalized spacial score (nSPS) is 10.4. The first-order chi connectivity index (χ1) is 15.5. The third-order valence-electron chi connectivity index (χ3n) is 4.80. The van der Waals surface area contributed by atoms with Crippen LogP contribution in [0.5, 0.6) is 11.5 Å². The summed E-state index contributed by atoms with van der Waals surface area (Å²) in [5.41, 5.74) is 2.79. The minimum absolute atomic E-state index is 0.230. The summed E-state index contributed by atoms with van der Waals surface area (Å²) in [5.74, 6) is 1.14. The second-order valence-electron chi connectivity index (χ2n) is 6.96. The molecule has 0 spiro atoms. The first kappa shape index (κ1) is 20.9. The number of carbonyl (C=O) groups excluding carboxylic acids is 2. The van der Waals surface area contributed by atoms with Gasteiger partial charge in [0.25, 0.3) is 11.8 Å². The van der Waals surface area contributed by atoms with Crippen molar-refractivity contribution in [1.29, 1.82) is 0 Å². The molecule has 2 N–H and O–H groups in total. The van der Waals surface area contributed by atoms with Crippen LogP contribution in [0.3, 0.4) is 0 Å². The summed E-state index contributed by atoms with van der Waals surface area (Å²) in [5, 5.41) is 5.45. The molecule has 0 radical (unpaired) electrons. The zero-order valence-electron chi connectivity index (χ0n) is 17.6. The molecule has 2 heterocycles. The van der Waals surface area contributed by atoms with Gasteiger partial charge in [-0.2, -0.15) is 0 Å². The average Bonchev–Trinajstić information content (AvgIpc) is 3.35. The molecule has 0 unspecified atom stereocenters. The van der Waals surface area contributed by atoms with Gasteiger partial charge in [0, 0.05) is 12.7 Å². The lowest BCUT2D eigenvalue weighted by molar-refractivity contribution is 0.0959. The standard InChI is InChI=1S/C25H21N3O4/c1-16-19(13-14-21(27-16)23-8-5-15-31-23)25(30)28-17-9-11-18(12-10-17)32-22-7-4-3-6-20(22)24(29)26-2/h3-15H,1-2H3,(H,26,29)(H,28,30). The zero-order valence-corrected chi connectivity index (χ0v) is 17.6. The van der Waals surface area contributed by atoms with E-state index in [4.69, 9.17) is 9.15 Å². The van der Waals surface area contributed by atoms with E-state index in [2.05, 4.69) is 15.6 Å². The van der Waals surface area contributed by atoms with Gasteiger partial charge in [-0.3, -0.25) is 9.59 Å². The smallest absolute Gasteiger partial charge is 0.257 e. The van der Waals surface area contributed by atoms with E-state index in [-0.39, 0.29) is 11.8 Å². The lowest BCUT2D eigenvalue weighted by Crippen LogP contribution is -2.18. The first-order valence-electron chi connectivity index (χ1n) is 9.97. The molecule has 7 heteroatoms. The van der Waals surface area contributed by atoms with Crippen LogP contribution in [-0.4, -0.2) is 23.8 Å². The lowest BCUT2D eigenvalue weighted by atomic mass is 10.1. The van der Waals surface area contributed by atoms with Crippen molar-refractivity contribution < 1.29 is 18.7 Å². The lowest BCUT2D eigenvalue weighted by Gasteiger charge is -2.11. The molecule has 4 aromatic rings. The number of aryl methyl sites for hydroxylation is 1. The summed E-state index contributed by atoms with van der Waals surface area (Å²) in [6, 6.07) is 21.0. The van der Waals surface area contributed by atoms with Gasteiger partial charge in [0.2, 0.25) is 0 Å². The van der Waals surface area contributed by atoms with Gasteiger partial charge in [-0.05, 0) is 67.6 Å². The molecule has 2 aromatic heterocycles. The quantitative estimate of drug-likeness (QED) is 0.449. The zero-order chi connectivity index (χ0) is 22.5. The predicted molar refractivity (Wildman–Crippen MR) is 121 cm³/mol. The number of nitrogens with one attached hydrogen (secondary N) is 2. The molecular weight excluding hydrogens is 406 g/mol. The van der Waals surface area contributed by atoms with Crippen molar-refractivity contribution in [2.24, 2.45) is 0 Å². The maximum Gasteiger partial charge on any atom is 0.257 e. The van der Waals surface area contributed by atoms with Gasteiger partial charge in [-0.15, -0.1) is 0 Å². The fraction of sp³-hybridized carbons (Fsp3) is 0.0800. The maximum atomic E-state index is 12.7. The van der Waals surface area contributed by atoms with Crippen LogP contribution in [0.25, 0.3) is 11.5 Å². The molecule has 2 aromatic carbocycles. The number of hydrogen-bond donors (Lipinski definition) is 2. The van der Waals surface area contributed by atoms with Crippen molar-refractivity contribution >= 4 is 17.5 Å². The molecule has 4 rings (SSSR count). The van der Waals surface area contributed by atoms with Crippen LogP contribution in [-0.2, 0) is 0 Å². The summed E-state index contributed by atoms with van der Waals surface area (Å²) in [6.45, 7) is 1.78. The Hall–Kier alpha value is -4.39. The van der Waals surface area contributed by atoms with Crippen LogP contribution in [0.15, 0.2) is 83.5 Å². The van der Waals surface area contributed by atoms with Crippen molar-refractivity contribution in [1.82, 2.24) is 10.3 Å². The highest BCUT2D eigenvalue weighted by atomic mass is 16.5. The third-order valence-corrected chi connectivity index (χ3v) is 4.80. The highest BCUT2D eigenvalue weighted by molar-refractivity contribution is 6.05. The Labute approximate surface area is 185 Å². The predicted octanol–water partition coefficient (Wildman–Crippen LogP) is 5.05. The number of furan rings is 1. The molecule has 0 saturated heterocycles. The number of rotatable bonds is 6. The van der Waals surface area contributed by atoms with Gasteiger partial charge in [-0.1, -0.05) is 12.1 Å². The Morgan fingerprint density at radius 3 is 2.34 bits per heavy atom. The van der Waals surface area contributed by atoms with E-state index in [1.807, 2.05) is 6.07 Å². The number of aromatic nitrogens is 1. The first-order valence-corrected chi connectivity index (χ1v) is 9.97. The number of para-hydroxylation sites is 1. The fourth-order valence-corrected chi connectivity index (χ4v) is 3.17. The van der Waals surface area contributed by atoms with Crippen LogP contribution in [0, 0.1) is 6.92 Å². The molecule has 0 atom stereocenters. The molecule has 0 aliphatic rings. The summed E-state index contributed by atoms with van der Waals surface area (Å²) >= 11 is 0. The van der Waals surface area contributed by atoms with E-state index in [0.717, 1.165) is 0 Å². The average molecular weight is 427 g/mol. The number of anilines is 1. The molecule has 0 bridgehead atoms. The number of carbonyl (C=O) groups is 2. The van der Waals surface area contributed by atoms with Crippen molar-refractivity contribution in [3.63, 3.8) is 0 Å². The maximum absolute atomic E-state index is 12.7. The van der Waals surface area contributed by atoms with Crippen molar-refractivity contribution in [3.8, 4) is 23.0 Å². The highest BCUT2D eigenvalue weighted by Gasteiger charge is 2.14. The highest BCUT2D eigenvalue weighted by Crippen LogP contribution is 2.27. The number of benzene rings is 2. The van der Waals surface area contributed by atoms with Crippen molar-refractivity contribution in [2.45, 2.75) is 6.92 Å². The van der Waals surface area contributed by atoms with Gasteiger partial charge in [0.05, 0.1) is 23.1 Å². The van der Waals surface area contributed by atoms with E-state index in [0.29, 0.717) is 45.5 Å². The number of pyridine rings is 1. The topological polar surface area (TPSA) is 93.5 Å². The Morgan fingerprint density at radius 2 is 1.66 bits per heavy atom. The molecular formula is C25H21N3O4.